The van der Waals surface area contributed by atoms with Gasteiger partial charge in [-0.05, 0) is 38.8 Å². The zero-order valence-corrected chi connectivity index (χ0v) is 10.4. The van der Waals surface area contributed by atoms with Crippen LogP contribution < -0.4 is 5.32 Å². The van der Waals surface area contributed by atoms with Crippen molar-refractivity contribution in [2.75, 3.05) is 6.54 Å². The van der Waals surface area contributed by atoms with Crippen LogP contribution in [0.2, 0.25) is 0 Å². The molecule has 0 saturated carbocycles. The molecule has 1 aliphatic rings. The van der Waals surface area contributed by atoms with Gasteiger partial charge < -0.3 is 5.32 Å². The molecule has 0 aliphatic carbocycles. The summed E-state index contributed by atoms with van der Waals surface area (Å²) in [7, 11) is 0. The van der Waals surface area contributed by atoms with Gasteiger partial charge in [0, 0.05) is 18.0 Å². The van der Waals surface area contributed by atoms with Gasteiger partial charge in [-0.1, -0.05) is 23.8 Å². The van der Waals surface area contributed by atoms with Crippen LogP contribution in [0.4, 0.5) is 8.78 Å². The maximum Gasteiger partial charge on any atom is 0.275 e. The van der Waals surface area contributed by atoms with E-state index < -0.39 is 5.92 Å². The molecule has 1 heterocycles. The Hall–Kier alpha value is -0.960. The molecule has 0 spiro atoms. The fourth-order valence-electron chi connectivity index (χ4n) is 2.57. The summed E-state index contributed by atoms with van der Waals surface area (Å²) >= 11 is 0. The first-order chi connectivity index (χ1) is 7.99. The monoisotopic (exact) mass is 239 g/mol. The Balaban J connectivity index is 2.17. The van der Waals surface area contributed by atoms with E-state index in [2.05, 4.69) is 5.32 Å². The quantitative estimate of drug-likeness (QED) is 0.850. The lowest BCUT2D eigenvalue weighted by atomic mass is 9.95. The van der Waals surface area contributed by atoms with E-state index in [1.165, 1.54) is 0 Å². The van der Waals surface area contributed by atoms with Crippen LogP contribution in [0.3, 0.4) is 0 Å². The number of alkyl halides is 2. The first kappa shape index (κ1) is 12.5. The highest BCUT2D eigenvalue weighted by molar-refractivity contribution is 5.33. The van der Waals surface area contributed by atoms with Gasteiger partial charge in [0.25, 0.3) is 5.92 Å². The largest absolute Gasteiger partial charge is 0.314 e. The van der Waals surface area contributed by atoms with Crippen LogP contribution in [0.15, 0.2) is 18.2 Å². The SMILES string of the molecule is Cc1ccc(C(F)(F)CC2CCCN2)c(C)c1. The molecule has 17 heavy (non-hydrogen) atoms. The maximum absolute atomic E-state index is 14.2. The van der Waals surface area contributed by atoms with Crippen LogP contribution in [0.1, 0.15) is 36.0 Å². The molecule has 1 nitrogen and oxygen atoms in total. The van der Waals surface area contributed by atoms with Crippen molar-refractivity contribution in [1.29, 1.82) is 0 Å². The number of halogens is 2. The van der Waals surface area contributed by atoms with E-state index in [-0.39, 0.29) is 18.0 Å². The van der Waals surface area contributed by atoms with Crippen LogP contribution in [-0.4, -0.2) is 12.6 Å². The van der Waals surface area contributed by atoms with Gasteiger partial charge in [-0.15, -0.1) is 0 Å². The minimum Gasteiger partial charge on any atom is -0.314 e. The summed E-state index contributed by atoms with van der Waals surface area (Å²) in [5, 5.41) is 3.13. The second kappa shape index (κ2) is 4.73. The molecule has 1 atom stereocenters. The molecule has 1 fully saturated rings. The van der Waals surface area contributed by atoms with Crippen molar-refractivity contribution < 1.29 is 8.78 Å². The van der Waals surface area contributed by atoms with Crippen molar-refractivity contribution in [3.63, 3.8) is 0 Å². The van der Waals surface area contributed by atoms with Gasteiger partial charge in [0.2, 0.25) is 0 Å². The van der Waals surface area contributed by atoms with E-state index in [0.717, 1.165) is 24.9 Å². The van der Waals surface area contributed by atoms with Gasteiger partial charge in [-0.25, -0.2) is 8.78 Å². The Kier molecular flexibility index (Phi) is 3.48. The molecule has 1 aromatic rings. The molecule has 1 aliphatic heterocycles. The molecule has 0 radical (unpaired) electrons. The predicted octanol–water partition coefficient (Wildman–Crippen LogP) is 3.54. The predicted molar refractivity (Wildman–Crippen MR) is 65.5 cm³/mol. The Morgan fingerprint density at radius 2 is 2.12 bits per heavy atom. The average molecular weight is 239 g/mol. The van der Waals surface area contributed by atoms with Gasteiger partial charge in [0.1, 0.15) is 0 Å². The number of hydrogen-bond donors (Lipinski definition) is 1. The summed E-state index contributed by atoms with van der Waals surface area (Å²) in [6.45, 7) is 4.55. The van der Waals surface area contributed by atoms with Gasteiger partial charge >= 0.3 is 0 Å². The molecule has 0 aromatic heterocycles. The lowest BCUT2D eigenvalue weighted by molar-refractivity contribution is -0.0219. The van der Waals surface area contributed by atoms with Crippen molar-refractivity contribution in [1.82, 2.24) is 5.32 Å². The fourth-order valence-corrected chi connectivity index (χ4v) is 2.57. The number of benzene rings is 1. The van der Waals surface area contributed by atoms with E-state index in [9.17, 15) is 8.78 Å². The molecule has 1 unspecified atom stereocenters. The summed E-state index contributed by atoms with van der Waals surface area (Å²) in [6, 6.07) is 5.12. The van der Waals surface area contributed by atoms with Crippen LogP contribution in [0.25, 0.3) is 0 Å². The first-order valence-electron chi connectivity index (χ1n) is 6.18. The Labute approximate surface area is 101 Å². The zero-order valence-electron chi connectivity index (χ0n) is 10.4. The summed E-state index contributed by atoms with van der Waals surface area (Å²) in [5.74, 6) is -2.72. The summed E-state index contributed by atoms with van der Waals surface area (Å²) in [4.78, 5) is 0. The lowest BCUT2D eigenvalue weighted by Crippen LogP contribution is -2.29. The first-order valence-corrected chi connectivity index (χ1v) is 6.18. The highest BCUT2D eigenvalue weighted by atomic mass is 19.3. The van der Waals surface area contributed by atoms with E-state index in [4.69, 9.17) is 0 Å². The molecule has 94 valence electrons. The van der Waals surface area contributed by atoms with Crippen LogP contribution in [-0.2, 0) is 5.92 Å². The highest BCUT2D eigenvalue weighted by Crippen LogP contribution is 2.36. The van der Waals surface area contributed by atoms with Gasteiger partial charge in [-0.2, -0.15) is 0 Å². The average Bonchev–Trinajstić information content (AvgIpc) is 2.68. The highest BCUT2D eigenvalue weighted by Gasteiger charge is 2.36. The normalized spacial score (nSPS) is 20.8. The summed E-state index contributed by atoms with van der Waals surface area (Å²) < 4.78 is 28.3. The van der Waals surface area contributed by atoms with Crippen LogP contribution >= 0.6 is 0 Å². The van der Waals surface area contributed by atoms with Crippen LogP contribution in [0.5, 0.6) is 0 Å². The Morgan fingerprint density at radius 3 is 2.71 bits per heavy atom. The second-order valence-electron chi connectivity index (χ2n) is 5.02. The number of aryl methyl sites for hydroxylation is 2. The third-order valence-electron chi connectivity index (χ3n) is 3.44. The van der Waals surface area contributed by atoms with Gasteiger partial charge in [0.05, 0.1) is 0 Å². The van der Waals surface area contributed by atoms with E-state index >= 15 is 0 Å². The van der Waals surface area contributed by atoms with Gasteiger partial charge in [0.15, 0.2) is 0 Å². The number of hydrogen-bond acceptors (Lipinski definition) is 1. The van der Waals surface area contributed by atoms with Gasteiger partial charge in [-0.3, -0.25) is 0 Å². The van der Waals surface area contributed by atoms with Crippen LogP contribution in [0, 0.1) is 13.8 Å². The van der Waals surface area contributed by atoms with E-state index in [1.807, 2.05) is 13.0 Å². The molecule has 0 bridgehead atoms. The second-order valence-corrected chi connectivity index (χ2v) is 5.02. The summed E-state index contributed by atoms with van der Waals surface area (Å²) in [6.07, 6.45) is 1.78. The van der Waals surface area contributed by atoms with Crippen molar-refractivity contribution in [2.45, 2.75) is 45.1 Å². The van der Waals surface area contributed by atoms with Crippen molar-refractivity contribution in [3.05, 3.63) is 34.9 Å². The molecule has 1 saturated heterocycles. The molecular formula is C14H19F2N. The van der Waals surface area contributed by atoms with E-state index in [0.29, 0.717) is 5.56 Å². The maximum atomic E-state index is 14.2. The third-order valence-corrected chi connectivity index (χ3v) is 3.44. The van der Waals surface area contributed by atoms with Crippen molar-refractivity contribution in [2.24, 2.45) is 0 Å². The van der Waals surface area contributed by atoms with Crippen molar-refractivity contribution >= 4 is 0 Å². The third kappa shape index (κ3) is 2.83. The molecular weight excluding hydrogens is 220 g/mol. The molecule has 3 heteroatoms. The minimum atomic E-state index is -2.72. The number of nitrogens with one attached hydrogen (secondary N) is 1. The molecule has 1 aromatic carbocycles. The molecule has 1 N–H and O–H groups in total. The molecule has 2 rings (SSSR count). The lowest BCUT2D eigenvalue weighted by Gasteiger charge is -2.22. The smallest absolute Gasteiger partial charge is 0.275 e. The van der Waals surface area contributed by atoms with Crippen molar-refractivity contribution in [3.8, 4) is 0 Å². The molecule has 0 amide bonds. The Bertz CT molecular complexity index is 395. The topological polar surface area (TPSA) is 12.0 Å². The van der Waals surface area contributed by atoms with E-state index in [1.54, 1.807) is 19.1 Å². The standard InChI is InChI=1S/C14H19F2N/c1-10-5-6-13(11(2)8-10)14(15,16)9-12-4-3-7-17-12/h5-6,8,12,17H,3-4,7,9H2,1-2H3. The fraction of sp³-hybridized carbons (Fsp3) is 0.571. The minimum absolute atomic E-state index is 0.0364. The summed E-state index contributed by atoms with van der Waals surface area (Å²) in [5.41, 5.74) is 1.89. The Morgan fingerprint density at radius 1 is 1.35 bits per heavy atom. The zero-order chi connectivity index (χ0) is 12.5. The number of rotatable bonds is 3.